The van der Waals surface area contributed by atoms with Crippen molar-refractivity contribution in [1.82, 2.24) is 19.5 Å². The minimum atomic E-state index is -1.35. The molecule has 1 saturated carbocycles. The van der Waals surface area contributed by atoms with Gasteiger partial charge in [-0.25, -0.2) is 18.3 Å². The van der Waals surface area contributed by atoms with Gasteiger partial charge in [-0.3, -0.25) is 4.79 Å². The van der Waals surface area contributed by atoms with Crippen molar-refractivity contribution in [2.45, 2.75) is 50.4 Å². The van der Waals surface area contributed by atoms with E-state index in [0.717, 1.165) is 30.5 Å². The van der Waals surface area contributed by atoms with E-state index in [1.165, 1.54) is 11.6 Å². The second kappa shape index (κ2) is 9.12. The monoisotopic (exact) mass is 529 g/mol. The maximum atomic E-state index is 15.3. The molecule has 0 bridgehead atoms. The number of fused-ring (bicyclic) bond motifs is 2. The zero-order chi connectivity index (χ0) is 26.8. The molecule has 4 aromatic rings. The van der Waals surface area contributed by atoms with Gasteiger partial charge < -0.3 is 14.9 Å². The lowest BCUT2D eigenvalue weighted by Crippen LogP contribution is -2.39. The highest BCUT2D eigenvalue weighted by Gasteiger charge is 2.33. The fourth-order valence-electron chi connectivity index (χ4n) is 5.97. The van der Waals surface area contributed by atoms with Crippen LogP contribution in [0, 0.1) is 5.82 Å². The Morgan fingerprint density at radius 3 is 2.64 bits per heavy atom. The van der Waals surface area contributed by atoms with Crippen molar-refractivity contribution in [3.05, 3.63) is 82.9 Å². The zero-order valence-electron chi connectivity index (χ0n) is 21.6. The molecule has 1 N–H and O–H groups in total. The molecule has 1 saturated heterocycles. The molecule has 1 aliphatic carbocycles. The highest BCUT2D eigenvalue weighted by Crippen LogP contribution is 2.41. The van der Waals surface area contributed by atoms with Gasteiger partial charge in [0.2, 0.25) is 0 Å². The lowest BCUT2D eigenvalue weighted by molar-refractivity contribution is 0.0671. The summed E-state index contributed by atoms with van der Waals surface area (Å²) in [6, 6.07) is 16.4. The number of rotatable bonds is 4. The van der Waals surface area contributed by atoms with Gasteiger partial charge in [-0.15, -0.1) is 0 Å². The molecular weight excluding hydrogens is 500 g/mol. The van der Waals surface area contributed by atoms with Crippen LogP contribution in [0.25, 0.3) is 16.9 Å². The number of carbonyl (C=O) groups excluding carboxylic acids is 1. The normalized spacial score (nSPS) is 22.9. The van der Waals surface area contributed by atoms with Crippen LogP contribution in [0.15, 0.2) is 54.6 Å². The molecule has 1 amide bonds. The molecule has 4 heterocycles. The number of anilines is 1. The maximum Gasteiger partial charge on any atom is 0.273 e. The number of halogens is 2. The molecule has 9 heteroatoms. The van der Waals surface area contributed by atoms with Crippen LogP contribution in [-0.4, -0.2) is 62.4 Å². The predicted octanol–water partition coefficient (Wildman–Crippen LogP) is 4.69. The average Bonchev–Trinajstić information content (AvgIpc) is 3.61. The SMILES string of the molecule is C[C@@H]1c2ccccc2CCN1C(=O)c1cc(C2CC2)n2nc(-c3ccc(N4CC(O)C(F)C4)cc3F)cc2n1. The van der Waals surface area contributed by atoms with Crippen LogP contribution in [0.4, 0.5) is 14.5 Å². The molecule has 7 nitrogen and oxygen atoms in total. The highest BCUT2D eigenvalue weighted by molar-refractivity contribution is 5.93. The Morgan fingerprint density at radius 1 is 1.08 bits per heavy atom. The summed E-state index contributed by atoms with van der Waals surface area (Å²) in [5, 5.41) is 14.4. The van der Waals surface area contributed by atoms with Crippen molar-refractivity contribution in [1.29, 1.82) is 0 Å². The first-order valence-electron chi connectivity index (χ1n) is 13.5. The van der Waals surface area contributed by atoms with E-state index in [4.69, 9.17) is 4.98 Å². The topological polar surface area (TPSA) is 74.0 Å². The van der Waals surface area contributed by atoms with E-state index in [0.29, 0.717) is 34.8 Å². The van der Waals surface area contributed by atoms with Crippen LogP contribution in [0.5, 0.6) is 0 Å². The molecular formula is C30H29F2N5O2. The summed E-state index contributed by atoms with van der Waals surface area (Å²) in [6.07, 6.45) is 0.402. The van der Waals surface area contributed by atoms with Gasteiger partial charge >= 0.3 is 0 Å². The number of hydrogen-bond acceptors (Lipinski definition) is 5. The Bertz CT molecular complexity index is 1590. The van der Waals surface area contributed by atoms with Gasteiger partial charge in [-0.05, 0) is 61.6 Å². The number of hydrogen-bond donors (Lipinski definition) is 1. The Morgan fingerprint density at radius 2 is 1.90 bits per heavy atom. The van der Waals surface area contributed by atoms with Gasteiger partial charge in [0.15, 0.2) is 5.65 Å². The van der Waals surface area contributed by atoms with Gasteiger partial charge in [0.05, 0.1) is 18.3 Å². The van der Waals surface area contributed by atoms with Crippen molar-refractivity contribution in [2.24, 2.45) is 0 Å². The lowest BCUT2D eigenvalue weighted by atomic mass is 9.93. The minimum Gasteiger partial charge on any atom is -0.388 e. The number of benzene rings is 2. The first-order chi connectivity index (χ1) is 18.9. The molecule has 0 spiro atoms. The van der Waals surface area contributed by atoms with E-state index in [-0.39, 0.29) is 31.0 Å². The number of carbonyl (C=O) groups is 1. The standard InChI is InChI=1S/C30H29F2N5O2/c1-17-21-5-3-2-4-18(21)10-11-36(17)30(39)26-13-27(19-6-7-19)37-29(33-26)14-25(34-37)22-9-8-20(12-23(22)31)35-15-24(32)28(38)16-35/h2-5,8-9,12-14,17,19,24,28,38H,6-7,10-11,15-16H2,1H3/t17-,24?,28?/m1/s1. The molecule has 2 aliphatic heterocycles. The number of alkyl halides is 1. The second-order valence-corrected chi connectivity index (χ2v) is 10.9. The Labute approximate surface area is 224 Å². The number of β-amino-alcohol motifs (C(OH)–C–C–N with tert-alkyl or cyclic N) is 1. The molecule has 2 aromatic carbocycles. The van der Waals surface area contributed by atoms with E-state index in [2.05, 4.69) is 24.2 Å². The molecule has 2 unspecified atom stereocenters. The fourth-order valence-corrected chi connectivity index (χ4v) is 5.97. The molecule has 200 valence electrons. The van der Waals surface area contributed by atoms with Gasteiger partial charge in [-0.1, -0.05) is 24.3 Å². The van der Waals surface area contributed by atoms with E-state index in [1.807, 2.05) is 23.1 Å². The molecule has 39 heavy (non-hydrogen) atoms. The molecule has 7 rings (SSSR count). The Balaban J connectivity index is 1.22. The number of aliphatic hydroxyl groups is 1. The quantitative estimate of drug-likeness (QED) is 0.415. The number of amides is 1. The van der Waals surface area contributed by atoms with Crippen molar-refractivity contribution in [2.75, 3.05) is 24.5 Å². The summed E-state index contributed by atoms with van der Waals surface area (Å²) in [6.45, 7) is 2.83. The number of nitrogens with zero attached hydrogens (tertiary/aromatic N) is 5. The summed E-state index contributed by atoms with van der Waals surface area (Å²) < 4.78 is 30.8. The second-order valence-electron chi connectivity index (χ2n) is 10.9. The van der Waals surface area contributed by atoms with E-state index >= 15 is 4.39 Å². The summed E-state index contributed by atoms with van der Waals surface area (Å²) in [7, 11) is 0. The third-order valence-electron chi connectivity index (χ3n) is 8.34. The van der Waals surface area contributed by atoms with Crippen LogP contribution in [-0.2, 0) is 6.42 Å². The summed E-state index contributed by atoms with van der Waals surface area (Å²) >= 11 is 0. The van der Waals surface area contributed by atoms with E-state index in [1.54, 1.807) is 27.6 Å². The van der Waals surface area contributed by atoms with Gasteiger partial charge in [0.25, 0.3) is 5.91 Å². The van der Waals surface area contributed by atoms with Gasteiger partial charge in [0.1, 0.15) is 23.8 Å². The first-order valence-corrected chi connectivity index (χ1v) is 13.5. The molecule has 2 fully saturated rings. The third kappa shape index (κ3) is 4.16. The molecule has 2 aromatic heterocycles. The van der Waals surface area contributed by atoms with Crippen LogP contribution in [0.1, 0.15) is 59.0 Å². The van der Waals surface area contributed by atoms with E-state index in [9.17, 15) is 14.3 Å². The van der Waals surface area contributed by atoms with Crippen LogP contribution < -0.4 is 4.90 Å². The van der Waals surface area contributed by atoms with Crippen molar-refractivity contribution in [3.63, 3.8) is 0 Å². The third-order valence-corrected chi connectivity index (χ3v) is 8.34. The van der Waals surface area contributed by atoms with Crippen LogP contribution in [0.2, 0.25) is 0 Å². The van der Waals surface area contributed by atoms with Crippen molar-refractivity contribution >= 4 is 17.2 Å². The largest absolute Gasteiger partial charge is 0.388 e. The predicted molar refractivity (Wildman–Crippen MR) is 143 cm³/mol. The first kappa shape index (κ1) is 24.2. The van der Waals surface area contributed by atoms with Crippen molar-refractivity contribution in [3.8, 4) is 11.3 Å². The number of aromatic nitrogens is 3. The lowest BCUT2D eigenvalue weighted by Gasteiger charge is -2.35. The van der Waals surface area contributed by atoms with Crippen LogP contribution >= 0.6 is 0 Å². The molecule has 3 atom stereocenters. The fraction of sp³-hybridized carbons (Fsp3) is 0.367. The molecule has 0 radical (unpaired) electrons. The Hall–Kier alpha value is -3.85. The van der Waals surface area contributed by atoms with Crippen LogP contribution in [0.3, 0.4) is 0 Å². The molecule has 3 aliphatic rings. The zero-order valence-corrected chi connectivity index (χ0v) is 21.6. The smallest absolute Gasteiger partial charge is 0.273 e. The summed E-state index contributed by atoms with van der Waals surface area (Å²) in [4.78, 5) is 21.9. The maximum absolute atomic E-state index is 15.3. The van der Waals surface area contributed by atoms with Gasteiger partial charge in [0, 0.05) is 42.0 Å². The van der Waals surface area contributed by atoms with Gasteiger partial charge in [-0.2, -0.15) is 5.10 Å². The highest BCUT2D eigenvalue weighted by atomic mass is 19.1. The summed E-state index contributed by atoms with van der Waals surface area (Å²) in [5.41, 5.74) is 5.48. The number of aliphatic hydroxyl groups excluding tert-OH is 1. The summed E-state index contributed by atoms with van der Waals surface area (Å²) in [5.74, 6) is -0.312. The minimum absolute atomic E-state index is 0.0288. The van der Waals surface area contributed by atoms with E-state index < -0.39 is 18.1 Å². The Kier molecular flexibility index (Phi) is 5.66. The van der Waals surface area contributed by atoms with Crippen molar-refractivity contribution < 1.29 is 18.7 Å². The average molecular weight is 530 g/mol.